The molecule has 168 valence electrons. The van der Waals surface area contributed by atoms with Crippen LogP contribution in [0, 0.1) is 12.7 Å². The lowest BCUT2D eigenvalue weighted by Gasteiger charge is -2.38. The second-order valence-electron chi connectivity index (χ2n) is 9.03. The molecule has 1 saturated heterocycles. The van der Waals surface area contributed by atoms with Crippen molar-refractivity contribution in [2.24, 2.45) is 0 Å². The van der Waals surface area contributed by atoms with Gasteiger partial charge in [0.05, 0.1) is 0 Å². The zero-order valence-corrected chi connectivity index (χ0v) is 19.3. The van der Waals surface area contributed by atoms with Crippen molar-refractivity contribution < 1.29 is 14.2 Å². The molecule has 4 nitrogen and oxygen atoms in total. The lowest BCUT2D eigenvalue weighted by Crippen LogP contribution is -2.45. The summed E-state index contributed by atoms with van der Waals surface area (Å²) >= 11 is 1.78. The molecule has 2 aromatic carbocycles. The number of likely N-dealkylation sites (tertiary alicyclic amines) is 1. The maximum atomic E-state index is 13.5. The summed E-state index contributed by atoms with van der Waals surface area (Å²) in [4.78, 5) is 7.02. The molecule has 6 heteroatoms. The minimum atomic E-state index is -0.545. The number of fused-ring (bicyclic) bond motifs is 2. The fourth-order valence-corrected chi connectivity index (χ4v) is 6.08. The first-order valence-electron chi connectivity index (χ1n) is 11.3. The number of thiophene rings is 1. The second-order valence-corrected chi connectivity index (χ2v) is 10.1. The van der Waals surface area contributed by atoms with Gasteiger partial charge in [0.25, 0.3) is 0 Å². The van der Waals surface area contributed by atoms with Crippen LogP contribution in [0.2, 0.25) is 0 Å². The molecular weight excluding hydrogens is 423 g/mol. The fourth-order valence-electron chi connectivity index (χ4n) is 4.89. The number of nitrogens with one attached hydrogen (secondary N) is 1. The summed E-state index contributed by atoms with van der Waals surface area (Å²) in [5.41, 5.74) is 2.14. The monoisotopic (exact) mass is 452 g/mol. The molecule has 1 unspecified atom stereocenters. The Balaban J connectivity index is 1.17. The number of piperidine rings is 1. The number of rotatable bonds is 6. The third-order valence-corrected chi connectivity index (χ3v) is 7.83. The molecule has 1 aliphatic heterocycles. The Hall–Kier alpha value is -2.41. The SMILES string of the molecule is Cc1cc2c(OCC(O)CN3CC[C@H](c4cc5cc(F)ccc5s4)C[C@@H]3C)cccc2[nH]1. The number of aryl methyl sites for hydroxylation is 1. The van der Waals surface area contributed by atoms with Crippen LogP contribution in [0.4, 0.5) is 4.39 Å². The van der Waals surface area contributed by atoms with Gasteiger partial charge in [0.1, 0.15) is 24.3 Å². The smallest absolute Gasteiger partial charge is 0.128 e. The van der Waals surface area contributed by atoms with Crippen LogP contribution >= 0.6 is 11.3 Å². The number of aliphatic hydroxyl groups is 1. The Kier molecular flexibility index (Phi) is 5.93. The van der Waals surface area contributed by atoms with Crippen molar-refractivity contribution in [1.29, 1.82) is 0 Å². The van der Waals surface area contributed by atoms with Crippen molar-refractivity contribution in [2.45, 2.75) is 44.8 Å². The lowest BCUT2D eigenvalue weighted by molar-refractivity contribution is 0.0408. The van der Waals surface area contributed by atoms with E-state index >= 15 is 0 Å². The molecule has 0 bridgehead atoms. The van der Waals surface area contributed by atoms with E-state index in [1.54, 1.807) is 17.4 Å². The average Bonchev–Trinajstić information content (AvgIpc) is 3.36. The molecule has 2 aromatic heterocycles. The third kappa shape index (κ3) is 4.40. The van der Waals surface area contributed by atoms with Crippen LogP contribution in [0.15, 0.2) is 48.5 Å². The number of aromatic amines is 1. The van der Waals surface area contributed by atoms with Gasteiger partial charge in [-0.05, 0) is 87.0 Å². The summed E-state index contributed by atoms with van der Waals surface area (Å²) in [5, 5.41) is 12.7. The number of H-pyrrole nitrogens is 1. The minimum absolute atomic E-state index is 0.177. The Labute approximate surface area is 191 Å². The maximum Gasteiger partial charge on any atom is 0.128 e. The zero-order valence-electron chi connectivity index (χ0n) is 18.5. The third-order valence-electron chi connectivity index (χ3n) is 6.55. The summed E-state index contributed by atoms with van der Waals surface area (Å²) in [6, 6.07) is 15.6. The number of hydrogen-bond acceptors (Lipinski definition) is 4. The van der Waals surface area contributed by atoms with Gasteiger partial charge >= 0.3 is 0 Å². The highest BCUT2D eigenvalue weighted by atomic mass is 32.1. The zero-order chi connectivity index (χ0) is 22.2. The predicted molar refractivity (Wildman–Crippen MR) is 129 cm³/mol. The molecule has 4 aromatic rings. The highest BCUT2D eigenvalue weighted by molar-refractivity contribution is 7.19. The van der Waals surface area contributed by atoms with Crippen LogP contribution in [0.3, 0.4) is 0 Å². The Morgan fingerprint density at radius 1 is 1.25 bits per heavy atom. The molecule has 1 aliphatic rings. The number of ether oxygens (including phenoxy) is 1. The summed E-state index contributed by atoms with van der Waals surface area (Å²) in [6.07, 6.45) is 1.55. The van der Waals surface area contributed by atoms with Gasteiger partial charge in [-0.1, -0.05) is 6.07 Å². The molecule has 2 N–H and O–H groups in total. The van der Waals surface area contributed by atoms with E-state index in [1.807, 2.05) is 31.2 Å². The van der Waals surface area contributed by atoms with E-state index in [1.165, 1.54) is 10.9 Å². The van der Waals surface area contributed by atoms with E-state index in [9.17, 15) is 9.50 Å². The van der Waals surface area contributed by atoms with Gasteiger partial charge < -0.3 is 14.8 Å². The number of halogens is 1. The molecule has 0 aliphatic carbocycles. The molecule has 5 rings (SSSR count). The number of β-amino-alcohol motifs (C(OH)–C–C–N with tert-alkyl or cyclic N) is 1. The minimum Gasteiger partial charge on any atom is -0.490 e. The van der Waals surface area contributed by atoms with Gasteiger partial charge in [-0.3, -0.25) is 4.90 Å². The largest absolute Gasteiger partial charge is 0.490 e. The first-order chi connectivity index (χ1) is 15.5. The van der Waals surface area contributed by atoms with E-state index in [0.29, 0.717) is 18.5 Å². The van der Waals surface area contributed by atoms with Crippen LogP contribution in [-0.4, -0.2) is 46.8 Å². The number of nitrogens with zero attached hydrogens (tertiary/aromatic N) is 1. The Morgan fingerprint density at radius 3 is 2.97 bits per heavy atom. The van der Waals surface area contributed by atoms with Gasteiger partial charge in [-0.2, -0.15) is 0 Å². The summed E-state index contributed by atoms with van der Waals surface area (Å²) in [7, 11) is 0. The van der Waals surface area contributed by atoms with Crippen molar-refractivity contribution in [2.75, 3.05) is 19.7 Å². The van der Waals surface area contributed by atoms with Crippen LogP contribution < -0.4 is 4.74 Å². The van der Waals surface area contributed by atoms with Crippen molar-refractivity contribution in [3.05, 3.63) is 64.9 Å². The van der Waals surface area contributed by atoms with E-state index in [0.717, 1.165) is 51.8 Å². The highest BCUT2D eigenvalue weighted by Crippen LogP contribution is 2.38. The average molecular weight is 453 g/mol. The fraction of sp³-hybridized carbons (Fsp3) is 0.385. The van der Waals surface area contributed by atoms with Gasteiger partial charge in [-0.15, -0.1) is 11.3 Å². The summed E-state index contributed by atoms with van der Waals surface area (Å²) < 4.78 is 20.7. The van der Waals surface area contributed by atoms with Crippen LogP contribution in [0.5, 0.6) is 5.75 Å². The first kappa shape index (κ1) is 21.4. The van der Waals surface area contributed by atoms with E-state index in [-0.39, 0.29) is 12.4 Å². The van der Waals surface area contributed by atoms with E-state index < -0.39 is 6.10 Å². The van der Waals surface area contributed by atoms with Crippen molar-refractivity contribution >= 4 is 32.3 Å². The number of aromatic nitrogens is 1. The van der Waals surface area contributed by atoms with Gasteiger partial charge in [0.2, 0.25) is 0 Å². The van der Waals surface area contributed by atoms with Crippen LogP contribution in [0.25, 0.3) is 21.0 Å². The molecule has 0 saturated carbocycles. The molecule has 0 amide bonds. The van der Waals surface area contributed by atoms with E-state index in [2.05, 4.69) is 28.9 Å². The molecule has 3 heterocycles. The lowest BCUT2D eigenvalue weighted by atomic mass is 9.90. The molecule has 3 atom stereocenters. The number of aliphatic hydroxyl groups excluding tert-OH is 1. The van der Waals surface area contributed by atoms with Crippen molar-refractivity contribution in [3.63, 3.8) is 0 Å². The quantitative estimate of drug-likeness (QED) is 0.386. The Bertz CT molecular complexity index is 1230. The summed E-state index contributed by atoms with van der Waals surface area (Å²) in [6.45, 7) is 6.08. The predicted octanol–water partition coefficient (Wildman–Crippen LogP) is 5.84. The molecule has 1 fully saturated rings. The van der Waals surface area contributed by atoms with E-state index in [4.69, 9.17) is 4.74 Å². The first-order valence-corrected chi connectivity index (χ1v) is 12.1. The van der Waals surface area contributed by atoms with Crippen LogP contribution in [0.1, 0.15) is 36.3 Å². The van der Waals surface area contributed by atoms with Gasteiger partial charge in [0.15, 0.2) is 0 Å². The van der Waals surface area contributed by atoms with Gasteiger partial charge in [-0.25, -0.2) is 4.39 Å². The van der Waals surface area contributed by atoms with Gasteiger partial charge in [0, 0.05) is 38.8 Å². The van der Waals surface area contributed by atoms with Crippen LogP contribution in [-0.2, 0) is 0 Å². The number of hydrogen-bond donors (Lipinski definition) is 2. The molecular formula is C26H29FN2O2S. The second kappa shape index (κ2) is 8.85. The van der Waals surface area contributed by atoms with Crippen molar-refractivity contribution in [3.8, 4) is 5.75 Å². The Morgan fingerprint density at radius 2 is 2.12 bits per heavy atom. The molecule has 32 heavy (non-hydrogen) atoms. The van der Waals surface area contributed by atoms with Crippen molar-refractivity contribution in [1.82, 2.24) is 9.88 Å². The molecule has 0 spiro atoms. The topological polar surface area (TPSA) is 48.5 Å². The number of benzene rings is 2. The standard InChI is InChI=1S/C26H29FN2O2S/c1-16-10-22-23(28-16)4-3-5-24(22)31-15-21(30)14-29-9-8-18(11-17(29)2)26-13-19-12-20(27)6-7-25(19)32-26/h3-7,10,12-13,17-18,21,28,30H,8-9,11,14-15H2,1-2H3/t17-,18-,21?/m0/s1. The highest BCUT2D eigenvalue weighted by Gasteiger charge is 2.29. The maximum absolute atomic E-state index is 13.5. The normalized spacial score (nSPS) is 20.8. The summed E-state index contributed by atoms with van der Waals surface area (Å²) in [5.74, 6) is 1.12. The molecule has 0 radical (unpaired) electrons.